The summed E-state index contributed by atoms with van der Waals surface area (Å²) in [6.07, 6.45) is -4.33. The Bertz CT molecular complexity index is 516. The highest BCUT2D eigenvalue weighted by molar-refractivity contribution is 9.10. The predicted molar refractivity (Wildman–Crippen MR) is 65.8 cm³/mol. The molecule has 0 aromatic heterocycles. The van der Waals surface area contributed by atoms with Crippen LogP contribution < -0.4 is 0 Å². The first kappa shape index (κ1) is 14.2. The van der Waals surface area contributed by atoms with E-state index in [1.165, 1.54) is 0 Å². The van der Waals surface area contributed by atoms with Crippen molar-refractivity contribution in [2.24, 2.45) is 0 Å². The van der Waals surface area contributed by atoms with Gasteiger partial charge in [0.2, 0.25) is 0 Å². The standard InChI is InChI=1S/C12H11BrF3NO2/c13-9-2-1-7-3-5-17(11(19)12(14,15)16)6-4-8(7)10(9)18/h1-2,18H,3-6H2. The van der Waals surface area contributed by atoms with Crippen molar-refractivity contribution >= 4 is 21.8 Å². The Morgan fingerprint density at radius 2 is 1.89 bits per heavy atom. The fourth-order valence-corrected chi connectivity index (χ4v) is 2.53. The molecule has 0 unspecified atom stereocenters. The molecule has 0 aliphatic carbocycles. The van der Waals surface area contributed by atoms with E-state index in [-0.39, 0.29) is 25.3 Å². The van der Waals surface area contributed by atoms with Crippen molar-refractivity contribution in [3.05, 3.63) is 27.7 Å². The summed E-state index contributed by atoms with van der Waals surface area (Å²) < 4.78 is 37.7. The van der Waals surface area contributed by atoms with Crippen LogP contribution in [0.15, 0.2) is 16.6 Å². The van der Waals surface area contributed by atoms with Gasteiger partial charge < -0.3 is 10.0 Å². The van der Waals surface area contributed by atoms with Gasteiger partial charge in [0, 0.05) is 18.7 Å². The second kappa shape index (κ2) is 5.03. The van der Waals surface area contributed by atoms with E-state index in [4.69, 9.17) is 0 Å². The minimum absolute atomic E-state index is 0.00636. The molecule has 1 heterocycles. The normalized spacial score (nSPS) is 15.9. The Labute approximate surface area is 116 Å². The number of carbonyl (C=O) groups excluding carboxylic acids is 1. The molecule has 1 N–H and O–H groups in total. The second-order valence-electron chi connectivity index (χ2n) is 4.32. The lowest BCUT2D eigenvalue weighted by Crippen LogP contribution is -2.42. The van der Waals surface area contributed by atoms with E-state index >= 15 is 0 Å². The highest BCUT2D eigenvalue weighted by atomic mass is 79.9. The Hall–Kier alpha value is -1.24. The lowest BCUT2D eigenvalue weighted by Gasteiger charge is -2.21. The fraction of sp³-hybridized carbons (Fsp3) is 0.417. The van der Waals surface area contributed by atoms with Gasteiger partial charge in [-0.25, -0.2) is 0 Å². The molecule has 2 rings (SSSR count). The van der Waals surface area contributed by atoms with Crippen molar-refractivity contribution in [1.82, 2.24) is 4.90 Å². The van der Waals surface area contributed by atoms with Crippen LogP contribution in [0.4, 0.5) is 13.2 Å². The average molecular weight is 338 g/mol. The van der Waals surface area contributed by atoms with Gasteiger partial charge in [-0.05, 0) is 40.4 Å². The molecule has 0 saturated carbocycles. The minimum atomic E-state index is -4.85. The molecular weight excluding hydrogens is 327 g/mol. The van der Waals surface area contributed by atoms with Crippen LogP contribution >= 0.6 is 15.9 Å². The first-order chi connectivity index (χ1) is 8.80. The number of amides is 1. The SMILES string of the molecule is O=C(N1CCc2ccc(Br)c(O)c2CC1)C(F)(F)F. The van der Waals surface area contributed by atoms with E-state index in [2.05, 4.69) is 15.9 Å². The quantitative estimate of drug-likeness (QED) is 0.790. The molecule has 1 amide bonds. The van der Waals surface area contributed by atoms with Gasteiger partial charge in [-0.1, -0.05) is 6.07 Å². The van der Waals surface area contributed by atoms with Crippen molar-refractivity contribution in [3.8, 4) is 5.75 Å². The number of fused-ring (bicyclic) bond motifs is 1. The van der Waals surface area contributed by atoms with Crippen molar-refractivity contribution in [3.63, 3.8) is 0 Å². The lowest BCUT2D eigenvalue weighted by atomic mass is 10.0. The number of nitrogens with zero attached hydrogens (tertiary/aromatic N) is 1. The molecule has 1 aliphatic heterocycles. The zero-order valence-corrected chi connectivity index (χ0v) is 11.4. The number of carbonyl (C=O) groups is 1. The summed E-state index contributed by atoms with van der Waals surface area (Å²) in [4.78, 5) is 12.0. The summed E-state index contributed by atoms with van der Waals surface area (Å²) in [7, 11) is 0. The van der Waals surface area contributed by atoms with Crippen molar-refractivity contribution in [2.45, 2.75) is 19.0 Å². The van der Waals surface area contributed by atoms with Crippen LogP contribution in [0.2, 0.25) is 0 Å². The van der Waals surface area contributed by atoms with Gasteiger partial charge in [-0.2, -0.15) is 13.2 Å². The summed E-state index contributed by atoms with van der Waals surface area (Å²) in [5.74, 6) is -1.78. The molecule has 1 aromatic rings. The van der Waals surface area contributed by atoms with E-state index in [1.807, 2.05) is 0 Å². The molecule has 0 fully saturated rings. The molecule has 104 valence electrons. The van der Waals surface area contributed by atoms with Gasteiger partial charge in [0.25, 0.3) is 0 Å². The molecule has 1 aromatic carbocycles. The van der Waals surface area contributed by atoms with Gasteiger partial charge in [0.1, 0.15) is 5.75 Å². The fourth-order valence-electron chi connectivity index (χ4n) is 2.16. The van der Waals surface area contributed by atoms with E-state index in [0.29, 0.717) is 16.5 Å². The monoisotopic (exact) mass is 337 g/mol. The maximum Gasteiger partial charge on any atom is 0.471 e. The summed E-state index contributed by atoms with van der Waals surface area (Å²) in [6, 6.07) is 3.40. The lowest BCUT2D eigenvalue weighted by molar-refractivity contribution is -0.185. The Kier molecular flexibility index (Phi) is 3.75. The third-order valence-electron chi connectivity index (χ3n) is 3.14. The molecule has 19 heavy (non-hydrogen) atoms. The number of phenols is 1. The maximum atomic E-state index is 12.4. The third-order valence-corrected chi connectivity index (χ3v) is 3.78. The minimum Gasteiger partial charge on any atom is -0.506 e. The molecular formula is C12H11BrF3NO2. The Balaban J connectivity index is 2.22. The summed E-state index contributed by atoms with van der Waals surface area (Å²) in [5.41, 5.74) is 1.38. The molecule has 7 heteroatoms. The Morgan fingerprint density at radius 3 is 2.53 bits per heavy atom. The number of hydrogen-bond donors (Lipinski definition) is 1. The molecule has 0 bridgehead atoms. The van der Waals surface area contributed by atoms with Gasteiger partial charge in [-0.15, -0.1) is 0 Å². The van der Waals surface area contributed by atoms with Crippen LogP contribution in [-0.2, 0) is 17.6 Å². The zero-order chi connectivity index (χ0) is 14.2. The summed E-state index contributed by atoms with van der Waals surface area (Å²) in [5, 5.41) is 9.88. The average Bonchev–Trinajstić information content (AvgIpc) is 2.54. The first-order valence-electron chi connectivity index (χ1n) is 5.66. The summed E-state index contributed by atoms with van der Waals surface area (Å²) in [6.45, 7) is -0.0399. The van der Waals surface area contributed by atoms with E-state index < -0.39 is 12.1 Å². The van der Waals surface area contributed by atoms with Crippen LogP contribution in [0.3, 0.4) is 0 Å². The number of phenolic OH excluding ortho intramolecular Hbond substituents is 1. The van der Waals surface area contributed by atoms with Crippen LogP contribution in [-0.4, -0.2) is 35.2 Å². The maximum absolute atomic E-state index is 12.4. The highest BCUT2D eigenvalue weighted by Gasteiger charge is 2.42. The number of benzene rings is 1. The van der Waals surface area contributed by atoms with Gasteiger partial charge >= 0.3 is 12.1 Å². The molecule has 0 radical (unpaired) electrons. The first-order valence-corrected chi connectivity index (χ1v) is 6.45. The predicted octanol–water partition coefficient (Wildman–Crippen LogP) is 2.64. The van der Waals surface area contributed by atoms with Crippen molar-refractivity contribution in [2.75, 3.05) is 13.1 Å². The van der Waals surface area contributed by atoms with Crippen LogP contribution in [0.25, 0.3) is 0 Å². The van der Waals surface area contributed by atoms with Gasteiger partial charge in [-0.3, -0.25) is 4.79 Å². The van der Waals surface area contributed by atoms with Crippen molar-refractivity contribution in [1.29, 1.82) is 0 Å². The molecule has 0 saturated heterocycles. The highest BCUT2D eigenvalue weighted by Crippen LogP contribution is 2.33. The molecule has 0 spiro atoms. The smallest absolute Gasteiger partial charge is 0.471 e. The van der Waals surface area contributed by atoms with E-state index in [0.717, 1.165) is 10.5 Å². The number of aromatic hydroxyl groups is 1. The second-order valence-corrected chi connectivity index (χ2v) is 5.18. The molecule has 3 nitrogen and oxygen atoms in total. The Morgan fingerprint density at radius 1 is 1.26 bits per heavy atom. The van der Waals surface area contributed by atoms with E-state index in [1.54, 1.807) is 12.1 Å². The van der Waals surface area contributed by atoms with Crippen molar-refractivity contribution < 1.29 is 23.1 Å². The van der Waals surface area contributed by atoms with Crippen LogP contribution in [0.5, 0.6) is 5.75 Å². The molecule has 1 aliphatic rings. The topological polar surface area (TPSA) is 40.5 Å². The number of alkyl halides is 3. The zero-order valence-electron chi connectivity index (χ0n) is 9.80. The van der Waals surface area contributed by atoms with Gasteiger partial charge in [0.15, 0.2) is 0 Å². The summed E-state index contributed by atoms with van der Waals surface area (Å²) >= 11 is 3.17. The van der Waals surface area contributed by atoms with Gasteiger partial charge in [0.05, 0.1) is 4.47 Å². The molecule has 0 atom stereocenters. The largest absolute Gasteiger partial charge is 0.506 e. The van der Waals surface area contributed by atoms with E-state index in [9.17, 15) is 23.1 Å². The number of halogens is 4. The van der Waals surface area contributed by atoms with Crippen LogP contribution in [0.1, 0.15) is 11.1 Å². The third kappa shape index (κ3) is 2.86. The number of hydrogen-bond acceptors (Lipinski definition) is 2. The number of rotatable bonds is 0. The van der Waals surface area contributed by atoms with Crippen LogP contribution in [0, 0.1) is 0 Å².